The Labute approximate surface area is 142 Å². The van der Waals surface area contributed by atoms with Gasteiger partial charge in [-0.3, -0.25) is 9.59 Å². The molecule has 0 saturated heterocycles. The van der Waals surface area contributed by atoms with Gasteiger partial charge in [0.15, 0.2) is 0 Å². The Morgan fingerprint density at radius 1 is 1.08 bits per heavy atom. The first kappa shape index (κ1) is 18.5. The topological polar surface area (TPSA) is 55.4 Å². The molecule has 0 aliphatic rings. The van der Waals surface area contributed by atoms with Crippen molar-refractivity contribution in [3.8, 4) is 0 Å². The Hall–Kier alpha value is -2.83. The van der Waals surface area contributed by atoms with Crippen molar-refractivity contribution in [1.29, 1.82) is 0 Å². The number of halogens is 3. The van der Waals surface area contributed by atoms with E-state index in [1.54, 1.807) is 18.2 Å². The smallest absolute Gasteiger partial charge is 0.416 e. The summed E-state index contributed by atoms with van der Waals surface area (Å²) in [5, 5.41) is 2.37. The van der Waals surface area contributed by atoms with Gasteiger partial charge in [-0.2, -0.15) is 13.2 Å². The van der Waals surface area contributed by atoms with Crippen LogP contribution in [0, 0.1) is 6.92 Å². The molecular formula is C18H16F3NO3. The summed E-state index contributed by atoms with van der Waals surface area (Å²) in [7, 11) is 0. The number of ether oxygens (including phenoxy) is 1. The maximum absolute atomic E-state index is 12.8. The van der Waals surface area contributed by atoms with Crippen molar-refractivity contribution >= 4 is 11.9 Å². The molecule has 0 fully saturated rings. The first-order valence-electron chi connectivity index (χ1n) is 7.43. The maximum Gasteiger partial charge on any atom is 0.416 e. The van der Waals surface area contributed by atoms with Gasteiger partial charge < -0.3 is 10.1 Å². The van der Waals surface area contributed by atoms with E-state index in [9.17, 15) is 22.8 Å². The number of hydrogen-bond donors (Lipinski definition) is 1. The number of amides is 1. The highest BCUT2D eigenvalue weighted by atomic mass is 19.4. The van der Waals surface area contributed by atoms with Crippen LogP contribution in [-0.2, 0) is 22.3 Å². The zero-order chi connectivity index (χ0) is 18.4. The monoisotopic (exact) mass is 351 g/mol. The Morgan fingerprint density at radius 2 is 1.80 bits per heavy atom. The van der Waals surface area contributed by atoms with Gasteiger partial charge >= 0.3 is 12.1 Å². The highest BCUT2D eigenvalue weighted by Gasteiger charge is 2.33. The first-order valence-corrected chi connectivity index (χ1v) is 7.43. The SMILES string of the molecule is Cc1cccc(C(=O)NCC(=O)OCc2ccccc2C(F)(F)F)c1. The van der Waals surface area contributed by atoms with Crippen molar-refractivity contribution in [2.24, 2.45) is 0 Å². The van der Waals surface area contributed by atoms with E-state index in [2.05, 4.69) is 5.32 Å². The molecule has 1 N–H and O–H groups in total. The highest BCUT2D eigenvalue weighted by molar-refractivity contribution is 5.96. The molecule has 0 bridgehead atoms. The predicted molar refractivity (Wildman–Crippen MR) is 84.8 cm³/mol. The van der Waals surface area contributed by atoms with E-state index >= 15 is 0 Å². The summed E-state index contributed by atoms with van der Waals surface area (Å²) in [6.45, 7) is 0.874. The number of benzene rings is 2. The molecule has 2 rings (SSSR count). The van der Waals surface area contributed by atoms with E-state index in [-0.39, 0.29) is 5.56 Å². The Morgan fingerprint density at radius 3 is 2.48 bits per heavy atom. The van der Waals surface area contributed by atoms with Gasteiger partial charge in [0.1, 0.15) is 13.2 Å². The number of alkyl halides is 3. The number of esters is 1. The average molecular weight is 351 g/mol. The molecule has 4 nitrogen and oxygen atoms in total. The summed E-state index contributed by atoms with van der Waals surface area (Å²) in [6, 6.07) is 11.6. The molecule has 0 aliphatic carbocycles. The minimum atomic E-state index is -4.53. The second-order valence-electron chi connectivity index (χ2n) is 5.37. The quantitative estimate of drug-likeness (QED) is 0.839. The lowest BCUT2D eigenvalue weighted by Gasteiger charge is -2.13. The Bertz CT molecular complexity index is 772. The summed E-state index contributed by atoms with van der Waals surface area (Å²) in [6.07, 6.45) is -4.53. The van der Waals surface area contributed by atoms with Gasteiger partial charge in [-0.1, -0.05) is 35.9 Å². The van der Waals surface area contributed by atoms with E-state index in [0.717, 1.165) is 11.6 Å². The number of nitrogens with one attached hydrogen (secondary N) is 1. The summed E-state index contributed by atoms with van der Waals surface area (Å²) < 4.78 is 43.4. The fourth-order valence-corrected chi connectivity index (χ4v) is 2.17. The van der Waals surface area contributed by atoms with Gasteiger partial charge in [-0.25, -0.2) is 0 Å². The number of carbonyl (C=O) groups excluding carboxylic acids is 2. The van der Waals surface area contributed by atoms with Gasteiger partial charge in [-0.15, -0.1) is 0 Å². The third-order valence-electron chi connectivity index (χ3n) is 3.38. The maximum atomic E-state index is 12.8. The molecule has 0 unspecified atom stereocenters. The normalized spacial score (nSPS) is 11.0. The molecule has 0 spiro atoms. The van der Waals surface area contributed by atoms with Crippen molar-refractivity contribution in [2.45, 2.75) is 19.7 Å². The Kier molecular flexibility index (Phi) is 5.80. The van der Waals surface area contributed by atoms with Crippen LogP contribution >= 0.6 is 0 Å². The van der Waals surface area contributed by atoms with Crippen LogP contribution in [0.25, 0.3) is 0 Å². The van der Waals surface area contributed by atoms with Crippen LogP contribution in [0.15, 0.2) is 48.5 Å². The lowest BCUT2D eigenvalue weighted by atomic mass is 10.1. The van der Waals surface area contributed by atoms with Crippen LogP contribution in [0.3, 0.4) is 0 Å². The minimum Gasteiger partial charge on any atom is -0.459 e. The van der Waals surface area contributed by atoms with Crippen molar-refractivity contribution in [1.82, 2.24) is 5.32 Å². The number of hydrogen-bond acceptors (Lipinski definition) is 3. The molecule has 132 valence electrons. The van der Waals surface area contributed by atoms with Gasteiger partial charge in [0.05, 0.1) is 5.56 Å². The molecule has 0 aliphatic heterocycles. The van der Waals surface area contributed by atoms with Gasteiger partial charge in [0, 0.05) is 11.1 Å². The van der Waals surface area contributed by atoms with E-state index in [0.29, 0.717) is 5.56 Å². The molecule has 2 aromatic carbocycles. The second kappa shape index (κ2) is 7.83. The zero-order valence-electron chi connectivity index (χ0n) is 13.4. The molecule has 0 saturated carbocycles. The van der Waals surface area contributed by atoms with Gasteiger partial charge in [-0.05, 0) is 25.1 Å². The summed E-state index contributed by atoms with van der Waals surface area (Å²) in [4.78, 5) is 23.6. The third kappa shape index (κ3) is 5.34. The molecular weight excluding hydrogens is 335 g/mol. The predicted octanol–water partition coefficient (Wildman–Crippen LogP) is 3.49. The fourth-order valence-electron chi connectivity index (χ4n) is 2.17. The minimum absolute atomic E-state index is 0.145. The summed E-state index contributed by atoms with van der Waals surface area (Å²) in [5.74, 6) is -1.28. The van der Waals surface area contributed by atoms with Crippen LogP contribution in [0.5, 0.6) is 0 Å². The molecule has 2 aromatic rings. The lowest BCUT2D eigenvalue weighted by Crippen LogP contribution is -2.30. The Balaban J connectivity index is 1.89. The van der Waals surface area contributed by atoms with Crippen LogP contribution in [0.2, 0.25) is 0 Å². The highest BCUT2D eigenvalue weighted by Crippen LogP contribution is 2.32. The van der Waals surface area contributed by atoms with Crippen LogP contribution in [-0.4, -0.2) is 18.4 Å². The first-order chi connectivity index (χ1) is 11.8. The van der Waals surface area contributed by atoms with E-state index < -0.39 is 36.8 Å². The fraction of sp³-hybridized carbons (Fsp3) is 0.222. The molecule has 25 heavy (non-hydrogen) atoms. The summed E-state index contributed by atoms with van der Waals surface area (Å²) >= 11 is 0. The third-order valence-corrected chi connectivity index (χ3v) is 3.38. The van der Waals surface area contributed by atoms with Crippen LogP contribution < -0.4 is 5.32 Å². The molecule has 0 radical (unpaired) electrons. The van der Waals surface area contributed by atoms with Crippen LogP contribution in [0.1, 0.15) is 27.0 Å². The molecule has 1 amide bonds. The number of aryl methyl sites for hydroxylation is 1. The number of rotatable bonds is 5. The van der Waals surface area contributed by atoms with Crippen molar-refractivity contribution < 1.29 is 27.5 Å². The molecule has 7 heteroatoms. The van der Waals surface area contributed by atoms with E-state index in [4.69, 9.17) is 4.74 Å². The van der Waals surface area contributed by atoms with Gasteiger partial charge in [0.2, 0.25) is 0 Å². The van der Waals surface area contributed by atoms with E-state index in [1.165, 1.54) is 18.2 Å². The lowest BCUT2D eigenvalue weighted by molar-refractivity contribution is -0.146. The van der Waals surface area contributed by atoms with Crippen molar-refractivity contribution in [3.63, 3.8) is 0 Å². The number of carbonyl (C=O) groups is 2. The molecule has 0 heterocycles. The van der Waals surface area contributed by atoms with E-state index in [1.807, 2.05) is 13.0 Å². The largest absolute Gasteiger partial charge is 0.459 e. The average Bonchev–Trinajstić information content (AvgIpc) is 2.57. The van der Waals surface area contributed by atoms with Crippen LogP contribution in [0.4, 0.5) is 13.2 Å². The second-order valence-corrected chi connectivity index (χ2v) is 5.37. The van der Waals surface area contributed by atoms with Crippen molar-refractivity contribution in [2.75, 3.05) is 6.54 Å². The standard InChI is InChI=1S/C18H16F3NO3/c1-12-5-4-7-13(9-12)17(24)22-10-16(23)25-11-14-6-2-3-8-15(14)18(19,20)21/h2-9H,10-11H2,1H3,(H,22,24). The van der Waals surface area contributed by atoms with Gasteiger partial charge in [0.25, 0.3) is 5.91 Å². The molecule has 0 aromatic heterocycles. The summed E-state index contributed by atoms with van der Waals surface area (Å²) in [5.41, 5.74) is 0.272. The van der Waals surface area contributed by atoms with Crippen molar-refractivity contribution in [3.05, 3.63) is 70.8 Å². The molecule has 0 atom stereocenters. The zero-order valence-corrected chi connectivity index (χ0v) is 13.4.